The first-order chi connectivity index (χ1) is 13.1. The van der Waals surface area contributed by atoms with Gasteiger partial charge in [0.2, 0.25) is 0 Å². The largest absolute Gasteiger partial charge is 0.364 e. The normalized spacial score (nSPS) is 11.1. The lowest BCUT2D eigenvalue weighted by molar-refractivity contribution is -0.109. The molecule has 0 unspecified atom stereocenters. The van der Waals surface area contributed by atoms with Crippen molar-refractivity contribution in [2.24, 2.45) is 0 Å². The molecular weight excluding hydrogens is 345 g/mol. The molecule has 0 radical (unpaired) electrons. The first-order valence-electron chi connectivity index (χ1n) is 9.10. The number of halogens is 1. The van der Waals surface area contributed by atoms with Crippen LogP contribution in [0.4, 0.5) is 4.39 Å². The number of carbonyl (C=O) groups excluding carboxylic acids is 1. The maximum Gasteiger partial charge on any atom is 0.357 e. The van der Waals surface area contributed by atoms with Gasteiger partial charge in [0.15, 0.2) is 0 Å². The number of nitrogens with zero attached hydrogens (tertiary/aromatic N) is 3. The van der Waals surface area contributed by atoms with Gasteiger partial charge in [0.05, 0.1) is 28.5 Å². The summed E-state index contributed by atoms with van der Waals surface area (Å²) in [5, 5.41) is 1.69. The van der Waals surface area contributed by atoms with E-state index in [9.17, 15) is 9.18 Å². The van der Waals surface area contributed by atoms with Gasteiger partial charge in [0, 0.05) is 18.7 Å². The lowest BCUT2D eigenvalue weighted by Crippen LogP contribution is -2.29. The predicted molar refractivity (Wildman–Crippen MR) is 103 cm³/mol. The highest BCUT2D eigenvalue weighted by molar-refractivity contribution is 5.93. The summed E-state index contributed by atoms with van der Waals surface area (Å²) in [6.45, 7) is 5.49. The molecule has 0 bridgehead atoms. The molecule has 0 amide bonds. The van der Waals surface area contributed by atoms with E-state index in [1.165, 1.54) is 12.1 Å². The van der Waals surface area contributed by atoms with Crippen molar-refractivity contribution >= 4 is 17.0 Å². The SMILES string of the molecule is CCCN(CCC)OC(=O)c1ccc2nc(-c3ccc(F)cc3)cnc2c1. The first-order valence-corrected chi connectivity index (χ1v) is 9.10. The molecule has 3 aromatic rings. The van der Waals surface area contributed by atoms with Gasteiger partial charge in [-0.3, -0.25) is 4.98 Å². The van der Waals surface area contributed by atoms with Crippen LogP contribution in [-0.2, 0) is 4.84 Å². The zero-order chi connectivity index (χ0) is 19.2. The van der Waals surface area contributed by atoms with E-state index in [0.29, 0.717) is 35.4 Å². The Morgan fingerprint density at radius 2 is 1.74 bits per heavy atom. The highest BCUT2D eigenvalue weighted by Crippen LogP contribution is 2.20. The monoisotopic (exact) mass is 367 g/mol. The van der Waals surface area contributed by atoms with Gasteiger partial charge in [-0.2, -0.15) is 0 Å². The van der Waals surface area contributed by atoms with Gasteiger partial charge >= 0.3 is 5.97 Å². The van der Waals surface area contributed by atoms with E-state index in [-0.39, 0.29) is 5.82 Å². The smallest absolute Gasteiger partial charge is 0.357 e. The van der Waals surface area contributed by atoms with Crippen LogP contribution in [0.5, 0.6) is 0 Å². The quantitative estimate of drug-likeness (QED) is 0.570. The predicted octanol–water partition coefficient (Wildman–Crippen LogP) is 4.63. The van der Waals surface area contributed by atoms with Gasteiger partial charge in [-0.05, 0) is 55.3 Å². The van der Waals surface area contributed by atoms with Crippen molar-refractivity contribution < 1.29 is 14.0 Å². The minimum Gasteiger partial charge on any atom is -0.364 e. The number of hydrogen-bond donors (Lipinski definition) is 0. The van der Waals surface area contributed by atoms with Crippen LogP contribution < -0.4 is 0 Å². The average molecular weight is 367 g/mol. The Morgan fingerprint density at radius 1 is 1.04 bits per heavy atom. The third kappa shape index (κ3) is 4.65. The molecule has 0 aliphatic heterocycles. The van der Waals surface area contributed by atoms with Crippen LogP contribution in [0.1, 0.15) is 37.0 Å². The molecule has 3 rings (SSSR count). The molecule has 2 aromatic carbocycles. The molecule has 0 saturated heterocycles. The van der Waals surface area contributed by atoms with Crippen molar-refractivity contribution in [3.8, 4) is 11.3 Å². The summed E-state index contributed by atoms with van der Waals surface area (Å²) < 4.78 is 13.1. The molecule has 140 valence electrons. The van der Waals surface area contributed by atoms with E-state index >= 15 is 0 Å². The number of hydroxylamine groups is 2. The summed E-state index contributed by atoms with van der Waals surface area (Å²) in [5.74, 6) is -0.695. The van der Waals surface area contributed by atoms with Gasteiger partial charge in [-0.25, -0.2) is 14.2 Å². The summed E-state index contributed by atoms with van der Waals surface area (Å²) >= 11 is 0. The highest BCUT2D eigenvalue weighted by Gasteiger charge is 2.14. The van der Waals surface area contributed by atoms with Gasteiger partial charge in [0.25, 0.3) is 0 Å². The van der Waals surface area contributed by atoms with Crippen molar-refractivity contribution in [2.75, 3.05) is 13.1 Å². The Labute approximate surface area is 157 Å². The van der Waals surface area contributed by atoms with Crippen LogP contribution >= 0.6 is 0 Å². The fourth-order valence-corrected chi connectivity index (χ4v) is 2.77. The van der Waals surface area contributed by atoms with Crippen LogP contribution in [0.15, 0.2) is 48.7 Å². The Bertz CT molecular complexity index is 922. The van der Waals surface area contributed by atoms with Crippen molar-refractivity contribution in [3.63, 3.8) is 0 Å². The van der Waals surface area contributed by atoms with E-state index in [4.69, 9.17) is 4.84 Å². The molecule has 5 nitrogen and oxygen atoms in total. The molecule has 1 aromatic heterocycles. The molecule has 0 atom stereocenters. The van der Waals surface area contributed by atoms with Crippen LogP contribution in [-0.4, -0.2) is 34.1 Å². The molecule has 0 fully saturated rings. The molecule has 6 heteroatoms. The summed E-state index contributed by atoms with van der Waals surface area (Å²) in [4.78, 5) is 26.8. The van der Waals surface area contributed by atoms with Crippen LogP contribution in [0.25, 0.3) is 22.3 Å². The van der Waals surface area contributed by atoms with Crippen LogP contribution in [0, 0.1) is 5.82 Å². The van der Waals surface area contributed by atoms with E-state index in [1.54, 1.807) is 41.6 Å². The first kappa shape index (κ1) is 18.9. The summed E-state index contributed by atoms with van der Waals surface area (Å²) in [5.41, 5.74) is 3.13. The highest BCUT2D eigenvalue weighted by atomic mass is 19.1. The second-order valence-corrected chi connectivity index (χ2v) is 6.27. The van der Waals surface area contributed by atoms with Gasteiger partial charge in [0.1, 0.15) is 5.82 Å². The molecular formula is C21H22FN3O2. The lowest BCUT2D eigenvalue weighted by atomic mass is 10.1. The minimum atomic E-state index is -0.400. The Hall–Kier alpha value is -2.86. The van der Waals surface area contributed by atoms with Gasteiger partial charge < -0.3 is 4.84 Å². The zero-order valence-corrected chi connectivity index (χ0v) is 15.5. The number of aromatic nitrogens is 2. The number of fused-ring (bicyclic) bond motifs is 1. The fourth-order valence-electron chi connectivity index (χ4n) is 2.77. The molecule has 0 saturated carbocycles. The number of carbonyl (C=O) groups is 1. The summed E-state index contributed by atoms with van der Waals surface area (Å²) in [6.07, 6.45) is 3.43. The van der Waals surface area contributed by atoms with Crippen LogP contribution in [0.2, 0.25) is 0 Å². The van der Waals surface area contributed by atoms with E-state index in [2.05, 4.69) is 9.97 Å². The summed E-state index contributed by atoms with van der Waals surface area (Å²) in [6, 6.07) is 11.2. The van der Waals surface area contributed by atoms with E-state index in [0.717, 1.165) is 18.4 Å². The molecule has 0 aliphatic rings. The fraction of sp³-hybridized carbons (Fsp3) is 0.286. The second-order valence-electron chi connectivity index (χ2n) is 6.27. The third-order valence-corrected chi connectivity index (χ3v) is 4.08. The zero-order valence-electron chi connectivity index (χ0n) is 15.5. The summed E-state index contributed by atoms with van der Waals surface area (Å²) in [7, 11) is 0. The van der Waals surface area contributed by atoms with Crippen LogP contribution in [0.3, 0.4) is 0 Å². The minimum absolute atomic E-state index is 0.296. The second kappa shape index (κ2) is 8.68. The lowest BCUT2D eigenvalue weighted by Gasteiger charge is -2.19. The average Bonchev–Trinajstić information content (AvgIpc) is 2.68. The maximum atomic E-state index is 13.1. The van der Waals surface area contributed by atoms with Gasteiger partial charge in [-0.15, -0.1) is 5.06 Å². The number of hydrogen-bond acceptors (Lipinski definition) is 5. The molecule has 0 N–H and O–H groups in total. The standard InChI is InChI=1S/C21H22FN3O2/c1-3-11-25(12-4-2)27-21(26)16-7-10-18-19(13-16)23-14-20(24-18)15-5-8-17(22)9-6-15/h5-10,13-14H,3-4,11-12H2,1-2H3. The van der Waals surface area contributed by atoms with Crippen molar-refractivity contribution in [3.05, 3.63) is 60.0 Å². The number of benzene rings is 2. The Morgan fingerprint density at radius 3 is 2.41 bits per heavy atom. The molecule has 0 aliphatic carbocycles. The topological polar surface area (TPSA) is 55.3 Å². The third-order valence-electron chi connectivity index (χ3n) is 4.08. The molecule has 1 heterocycles. The Kier molecular flexibility index (Phi) is 6.08. The number of rotatable bonds is 7. The van der Waals surface area contributed by atoms with E-state index in [1.807, 2.05) is 13.8 Å². The van der Waals surface area contributed by atoms with Crippen molar-refractivity contribution in [1.82, 2.24) is 15.0 Å². The van der Waals surface area contributed by atoms with Gasteiger partial charge in [-0.1, -0.05) is 13.8 Å². The Balaban J connectivity index is 1.82. The van der Waals surface area contributed by atoms with E-state index < -0.39 is 5.97 Å². The maximum absolute atomic E-state index is 13.1. The molecule has 0 spiro atoms. The van der Waals surface area contributed by atoms with Crippen molar-refractivity contribution in [2.45, 2.75) is 26.7 Å². The molecule has 27 heavy (non-hydrogen) atoms. The van der Waals surface area contributed by atoms with Crippen molar-refractivity contribution in [1.29, 1.82) is 0 Å².